The molecule has 1 aromatic carbocycles. The predicted octanol–water partition coefficient (Wildman–Crippen LogP) is 4.80. The highest BCUT2D eigenvalue weighted by atomic mass is 14.9. The predicted molar refractivity (Wildman–Crippen MR) is 84.1 cm³/mol. The van der Waals surface area contributed by atoms with E-state index in [4.69, 9.17) is 4.98 Å². The molecule has 2 aromatic rings. The lowest BCUT2D eigenvalue weighted by molar-refractivity contribution is 0.829. The van der Waals surface area contributed by atoms with Crippen LogP contribution in [-0.2, 0) is 0 Å². The molecule has 0 saturated heterocycles. The van der Waals surface area contributed by atoms with Crippen molar-refractivity contribution in [3.05, 3.63) is 35.0 Å². The summed E-state index contributed by atoms with van der Waals surface area (Å²) in [5.41, 5.74) is 6.13. The van der Waals surface area contributed by atoms with E-state index in [0.717, 1.165) is 18.5 Å². The van der Waals surface area contributed by atoms with Crippen molar-refractivity contribution in [3.63, 3.8) is 0 Å². The molecule has 1 aromatic heterocycles. The fourth-order valence-corrected chi connectivity index (χ4v) is 2.25. The Morgan fingerprint density at radius 1 is 1.21 bits per heavy atom. The average Bonchev–Trinajstić information content (AvgIpc) is 2.40. The number of benzene rings is 1. The number of aromatic nitrogens is 1. The minimum absolute atomic E-state index is 0.450. The zero-order chi connectivity index (χ0) is 14.0. The van der Waals surface area contributed by atoms with Gasteiger partial charge in [0.25, 0.3) is 0 Å². The van der Waals surface area contributed by atoms with Gasteiger partial charge in [-0.2, -0.15) is 0 Å². The molecule has 0 atom stereocenters. The molecule has 0 aliphatic heterocycles. The second kappa shape index (κ2) is 5.60. The third-order valence-corrected chi connectivity index (χ3v) is 3.68. The van der Waals surface area contributed by atoms with E-state index in [2.05, 4.69) is 58.1 Å². The molecule has 2 rings (SSSR count). The fraction of sp³-hybridized carbons (Fsp3) is 0.471. The lowest BCUT2D eigenvalue weighted by atomic mass is 10.0. The Morgan fingerprint density at radius 3 is 2.58 bits per heavy atom. The van der Waals surface area contributed by atoms with Crippen LogP contribution in [0.3, 0.4) is 0 Å². The smallest absolute Gasteiger partial charge is 0.0757 e. The van der Waals surface area contributed by atoms with Gasteiger partial charge < -0.3 is 5.32 Å². The lowest BCUT2D eigenvalue weighted by Crippen LogP contribution is -2.04. The average molecular weight is 256 g/mol. The second-order valence-corrected chi connectivity index (χ2v) is 5.58. The van der Waals surface area contributed by atoms with E-state index in [9.17, 15) is 0 Å². The van der Waals surface area contributed by atoms with E-state index >= 15 is 0 Å². The van der Waals surface area contributed by atoms with Gasteiger partial charge in [-0.15, -0.1) is 0 Å². The maximum absolute atomic E-state index is 4.86. The van der Waals surface area contributed by atoms with Gasteiger partial charge in [0.1, 0.15) is 0 Å². The number of fused-ring (bicyclic) bond motifs is 1. The SMILES string of the molecule is CCCNc1cc(C(C)C)nc2c(C)c(C)ccc12. The number of nitrogens with zero attached hydrogens (tertiary/aromatic N) is 1. The summed E-state index contributed by atoms with van der Waals surface area (Å²) >= 11 is 0. The van der Waals surface area contributed by atoms with E-state index in [0.29, 0.717) is 5.92 Å². The summed E-state index contributed by atoms with van der Waals surface area (Å²) in [6.45, 7) is 11.9. The summed E-state index contributed by atoms with van der Waals surface area (Å²) in [6, 6.07) is 6.58. The van der Waals surface area contributed by atoms with Crippen LogP contribution < -0.4 is 5.32 Å². The fourth-order valence-electron chi connectivity index (χ4n) is 2.25. The van der Waals surface area contributed by atoms with Crippen LogP contribution in [0.25, 0.3) is 10.9 Å². The first-order valence-corrected chi connectivity index (χ1v) is 7.19. The molecule has 0 unspecified atom stereocenters. The summed E-state index contributed by atoms with van der Waals surface area (Å²) in [6.07, 6.45) is 1.13. The van der Waals surface area contributed by atoms with E-state index in [-0.39, 0.29) is 0 Å². The second-order valence-electron chi connectivity index (χ2n) is 5.58. The van der Waals surface area contributed by atoms with Crippen LogP contribution >= 0.6 is 0 Å². The van der Waals surface area contributed by atoms with Crippen molar-refractivity contribution in [1.29, 1.82) is 0 Å². The number of anilines is 1. The Hall–Kier alpha value is -1.57. The Kier molecular flexibility index (Phi) is 4.08. The highest BCUT2D eigenvalue weighted by Gasteiger charge is 2.10. The molecule has 0 bridgehead atoms. The first-order valence-electron chi connectivity index (χ1n) is 7.19. The van der Waals surface area contributed by atoms with Gasteiger partial charge in [-0.05, 0) is 43.4 Å². The largest absolute Gasteiger partial charge is 0.384 e. The van der Waals surface area contributed by atoms with Gasteiger partial charge >= 0.3 is 0 Å². The Bertz CT molecular complexity index is 585. The van der Waals surface area contributed by atoms with Gasteiger partial charge in [0.15, 0.2) is 0 Å². The Morgan fingerprint density at radius 2 is 1.95 bits per heavy atom. The first kappa shape index (κ1) is 13.9. The van der Waals surface area contributed by atoms with Crippen molar-refractivity contribution in [3.8, 4) is 0 Å². The van der Waals surface area contributed by atoms with E-state index < -0.39 is 0 Å². The monoisotopic (exact) mass is 256 g/mol. The zero-order valence-corrected chi connectivity index (χ0v) is 12.7. The van der Waals surface area contributed by atoms with Crippen molar-refractivity contribution in [2.45, 2.75) is 47.0 Å². The maximum atomic E-state index is 4.86. The molecule has 0 aliphatic carbocycles. The van der Waals surface area contributed by atoms with E-state index in [1.165, 1.54) is 27.9 Å². The molecule has 0 aliphatic rings. The van der Waals surface area contributed by atoms with Crippen LogP contribution in [0.15, 0.2) is 18.2 Å². The molecule has 0 saturated carbocycles. The van der Waals surface area contributed by atoms with Crippen molar-refractivity contribution in [2.75, 3.05) is 11.9 Å². The van der Waals surface area contributed by atoms with Crippen molar-refractivity contribution < 1.29 is 0 Å². The third kappa shape index (κ3) is 2.73. The van der Waals surface area contributed by atoms with Crippen molar-refractivity contribution in [1.82, 2.24) is 4.98 Å². The van der Waals surface area contributed by atoms with Crippen molar-refractivity contribution in [2.24, 2.45) is 0 Å². The van der Waals surface area contributed by atoms with Gasteiger partial charge in [-0.1, -0.05) is 32.9 Å². The van der Waals surface area contributed by atoms with Crippen molar-refractivity contribution >= 4 is 16.6 Å². The summed E-state index contributed by atoms with van der Waals surface area (Å²) in [5.74, 6) is 0.450. The third-order valence-electron chi connectivity index (χ3n) is 3.68. The molecule has 0 fully saturated rings. The number of pyridine rings is 1. The number of hydrogen-bond acceptors (Lipinski definition) is 2. The molecule has 0 amide bonds. The van der Waals surface area contributed by atoms with Crippen LogP contribution in [0.4, 0.5) is 5.69 Å². The van der Waals surface area contributed by atoms with Crippen LogP contribution in [0.5, 0.6) is 0 Å². The van der Waals surface area contributed by atoms with Crippen LogP contribution in [0, 0.1) is 13.8 Å². The van der Waals surface area contributed by atoms with E-state index in [1.54, 1.807) is 0 Å². The minimum Gasteiger partial charge on any atom is -0.384 e. The molecular weight excluding hydrogens is 232 g/mol. The minimum atomic E-state index is 0.450. The molecule has 19 heavy (non-hydrogen) atoms. The molecule has 2 heteroatoms. The first-order chi connectivity index (χ1) is 9.04. The summed E-state index contributed by atoms with van der Waals surface area (Å²) < 4.78 is 0. The van der Waals surface area contributed by atoms with E-state index in [1.807, 2.05) is 0 Å². The highest BCUT2D eigenvalue weighted by Crippen LogP contribution is 2.29. The Labute approximate surface area is 116 Å². The molecule has 1 N–H and O–H groups in total. The van der Waals surface area contributed by atoms with Crippen LogP contribution in [0.2, 0.25) is 0 Å². The zero-order valence-electron chi connectivity index (χ0n) is 12.7. The molecule has 0 radical (unpaired) electrons. The van der Waals surface area contributed by atoms with Crippen LogP contribution in [-0.4, -0.2) is 11.5 Å². The molecule has 2 nitrogen and oxygen atoms in total. The number of nitrogens with one attached hydrogen (secondary N) is 1. The van der Waals surface area contributed by atoms with Gasteiger partial charge in [-0.3, -0.25) is 4.98 Å². The summed E-state index contributed by atoms with van der Waals surface area (Å²) in [5, 5.41) is 4.78. The molecular formula is C17H24N2. The van der Waals surface area contributed by atoms with Gasteiger partial charge in [0.05, 0.1) is 5.52 Å². The maximum Gasteiger partial charge on any atom is 0.0757 e. The normalized spacial score (nSPS) is 11.3. The number of aryl methyl sites for hydroxylation is 2. The lowest BCUT2D eigenvalue weighted by Gasteiger charge is -2.15. The molecule has 1 heterocycles. The summed E-state index contributed by atoms with van der Waals surface area (Å²) in [7, 11) is 0. The molecule has 0 spiro atoms. The highest BCUT2D eigenvalue weighted by molar-refractivity contribution is 5.94. The van der Waals surface area contributed by atoms with Crippen LogP contribution in [0.1, 0.15) is 49.9 Å². The number of hydrogen-bond donors (Lipinski definition) is 1. The quantitative estimate of drug-likeness (QED) is 0.850. The van der Waals surface area contributed by atoms with Gasteiger partial charge in [0.2, 0.25) is 0 Å². The molecule has 102 valence electrons. The van der Waals surface area contributed by atoms with Gasteiger partial charge in [0, 0.05) is 23.3 Å². The Balaban J connectivity index is 2.67. The number of rotatable bonds is 4. The topological polar surface area (TPSA) is 24.9 Å². The standard InChI is InChI=1S/C17H24N2/c1-6-9-18-16-10-15(11(2)3)19-17-13(5)12(4)7-8-14(16)17/h7-8,10-11H,6,9H2,1-5H3,(H,18,19). The van der Waals surface area contributed by atoms with Gasteiger partial charge in [-0.25, -0.2) is 0 Å². The summed E-state index contributed by atoms with van der Waals surface area (Å²) in [4.78, 5) is 4.86.